The van der Waals surface area contributed by atoms with Crippen molar-refractivity contribution >= 4 is 11.6 Å². The zero-order valence-electron chi connectivity index (χ0n) is 11.8. The molecule has 1 aromatic carbocycles. The van der Waals surface area contributed by atoms with Gasteiger partial charge in [-0.2, -0.15) is 0 Å². The van der Waals surface area contributed by atoms with E-state index in [1.165, 1.54) is 5.56 Å². The number of benzene rings is 1. The van der Waals surface area contributed by atoms with Crippen LogP contribution in [0.25, 0.3) is 0 Å². The number of rotatable bonds is 6. The first-order chi connectivity index (χ1) is 9.70. The standard InChI is InChI=1S/C16H21N3O/c1-2-10-19-12-14(17)11-15(19)16(20)18-9-8-13-6-4-3-5-7-13/h3-7,11-12H,2,8-10,17H2,1H3,(H,18,20). The minimum atomic E-state index is -0.0638. The molecule has 20 heavy (non-hydrogen) atoms. The molecule has 0 unspecified atom stereocenters. The zero-order valence-corrected chi connectivity index (χ0v) is 11.8. The van der Waals surface area contributed by atoms with Crippen molar-refractivity contribution in [1.29, 1.82) is 0 Å². The van der Waals surface area contributed by atoms with Crippen LogP contribution >= 0.6 is 0 Å². The highest BCUT2D eigenvalue weighted by atomic mass is 16.1. The Bertz CT molecular complexity index is 560. The Kier molecular flexibility index (Phi) is 4.82. The van der Waals surface area contributed by atoms with Crippen molar-refractivity contribution in [3.63, 3.8) is 0 Å². The van der Waals surface area contributed by atoms with Crippen molar-refractivity contribution in [2.24, 2.45) is 0 Å². The predicted molar refractivity (Wildman–Crippen MR) is 81.6 cm³/mol. The van der Waals surface area contributed by atoms with Crippen LogP contribution in [0.1, 0.15) is 29.4 Å². The molecule has 4 nitrogen and oxygen atoms in total. The van der Waals surface area contributed by atoms with Gasteiger partial charge in [0.25, 0.3) is 5.91 Å². The molecule has 0 bridgehead atoms. The summed E-state index contributed by atoms with van der Waals surface area (Å²) < 4.78 is 1.91. The van der Waals surface area contributed by atoms with Crippen LogP contribution in [-0.4, -0.2) is 17.0 Å². The molecule has 1 aromatic heterocycles. The lowest BCUT2D eigenvalue weighted by Crippen LogP contribution is -2.27. The number of nitrogens with zero attached hydrogens (tertiary/aromatic N) is 1. The van der Waals surface area contributed by atoms with E-state index in [1.54, 1.807) is 6.07 Å². The van der Waals surface area contributed by atoms with Gasteiger partial charge in [0.2, 0.25) is 0 Å². The summed E-state index contributed by atoms with van der Waals surface area (Å²) in [6, 6.07) is 11.8. The summed E-state index contributed by atoms with van der Waals surface area (Å²) in [5.41, 5.74) is 8.25. The molecule has 106 valence electrons. The van der Waals surface area contributed by atoms with E-state index in [0.29, 0.717) is 17.9 Å². The fourth-order valence-corrected chi connectivity index (χ4v) is 2.21. The number of anilines is 1. The molecular weight excluding hydrogens is 250 g/mol. The molecule has 0 spiro atoms. The quantitative estimate of drug-likeness (QED) is 0.847. The number of aromatic nitrogens is 1. The second kappa shape index (κ2) is 6.80. The molecule has 0 fully saturated rings. The van der Waals surface area contributed by atoms with Crippen LogP contribution in [-0.2, 0) is 13.0 Å². The molecule has 0 aliphatic rings. The van der Waals surface area contributed by atoms with E-state index < -0.39 is 0 Å². The first kappa shape index (κ1) is 14.2. The molecule has 2 aromatic rings. The first-order valence-corrected chi connectivity index (χ1v) is 6.98. The van der Waals surface area contributed by atoms with Crippen molar-refractivity contribution in [3.05, 3.63) is 53.9 Å². The second-order valence-corrected chi connectivity index (χ2v) is 4.84. The summed E-state index contributed by atoms with van der Waals surface area (Å²) in [6.07, 6.45) is 3.62. The molecule has 2 rings (SSSR count). The molecule has 1 heterocycles. The Morgan fingerprint density at radius 1 is 1.30 bits per heavy atom. The molecule has 0 saturated heterocycles. The highest BCUT2D eigenvalue weighted by Crippen LogP contribution is 2.11. The Labute approximate surface area is 119 Å². The van der Waals surface area contributed by atoms with Crippen molar-refractivity contribution in [2.45, 2.75) is 26.3 Å². The maximum absolute atomic E-state index is 12.2. The summed E-state index contributed by atoms with van der Waals surface area (Å²) in [5, 5.41) is 2.94. The van der Waals surface area contributed by atoms with Crippen LogP contribution in [0.4, 0.5) is 5.69 Å². The largest absolute Gasteiger partial charge is 0.397 e. The van der Waals surface area contributed by atoms with Crippen molar-refractivity contribution in [1.82, 2.24) is 9.88 Å². The van der Waals surface area contributed by atoms with Crippen LogP contribution < -0.4 is 11.1 Å². The third-order valence-electron chi connectivity index (χ3n) is 3.16. The lowest BCUT2D eigenvalue weighted by Gasteiger charge is -2.08. The number of carbonyl (C=O) groups excluding carboxylic acids is 1. The van der Waals surface area contributed by atoms with Gasteiger partial charge in [-0.25, -0.2) is 0 Å². The van der Waals surface area contributed by atoms with E-state index in [1.807, 2.05) is 29.0 Å². The van der Waals surface area contributed by atoms with E-state index in [9.17, 15) is 4.79 Å². The Balaban J connectivity index is 1.91. The summed E-state index contributed by atoms with van der Waals surface area (Å²) in [4.78, 5) is 12.2. The number of nitrogens with one attached hydrogen (secondary N) is 1. The number of nitrogen functional groups attached to an aromatic ring is 1. The molecule has 0 saturated carbocycles. The third kappa shape index (κ3) is 3.63. The maximum Gasteiger partial charge on any atom is 0.267 e. The number of hydrogen-bond donors (Lipinski definition) is 2. The third-order valence-corrected chi connectivity index (χ3v) is 3.16. The number of aryl methyl sites for hydroxylation is 1. The van der Waals surface area contributed by atoms with Crippen LogP contribution in [0.3, 0.4) is 0 Å². The van der Waals surface area contributed by atoms with Gasteiger partial charge in [-0.05, 0) is 24.5 Å². The summed E-state index contributed by atoms with van der Waals surface area (Å²) in [5.74, 6) is -0.0638. The van der Waals surface area contributed by atoms with Crippen LogP contribution in [0, 0.1) is 0 Å². The summed E-state index contributed by atoms with van der Waals surface area (Å²) in [6.45, 7) is 3.51. The van der Waals surface area contributed by atoms with Gasteiger partial charge in [0, 0.05) is 19.3 Å². The van der Waals surface area contributed by atoms with E-state index in [-0.39, 0.29) is 5.91 Å². The van der Waals surface area contributed by atoms with E-state index in [2.05, 4.69) is 24.4 Å². The van der Waals surface area contributed by atoms with Gasteiger partial charge in [-0.1, -0.05) is 37.3 Å². The number of nitrogens with two attached hydrogens (primary N) is 1. The van der Waals surface area contributed by atoms with E-state index >= 15 is 0 Å². The normalized spacial score (nSPS) is 10.4. The minimum absolute atomic E-state index is 0.0638. The molecule has 0 aliphatic carbocycles. The van der Waals surface area contributed by atoms with Gasteiger partial charge in [0.1, 0.15) is 5.69 Å². The van der Waals surface area contributed by atoms with Gasteiger partial charge in [0.05, 0.1) is 5.69 Å². The lowest BCUT2D eigenvalue weighted by atomic mass is 10.1. The molecule has 1 amide bonds. The van der Waals surface area contributed by atoms with Gasteiger partial charge < -0.3 is 15.6 Å². The first-order valence-electron chi connectivity index (χ1n) is 6.98. The summed E-state index contributed by atoms with van der Waals surface area (Å²) in [7, 11) is 0. The van der Waals surface area contributed by atoms with E-state index in [4.69, 9.17) is 5.73 Å². The van der Waals surface area contributed by atoms with Crippen molar-refractivity contribution < 1.29 is 4.79 Å². The second-order valence-electron chi connectivity index (χ2n) is 4.84. The SMILES string of the molecule is CCCn1cc(N)cc1C(=O)NCCc1ccccc1. The lowest BCUT2D eigenvalue weighted by molar-refractivity contribution is 0.0944. The topological polar surface area (TPSA) is 60.0 Å². The van der Waals surface area contributed by atoms with Crippen molar-refractivity contribution in [2.75, 3.05) is 12.3 Å². The zero-order chi connectivity index (χ0) is 14.4. The molecule has 0 aliphatic heterocycles. The number of amides is 1. The Morgan fingerprint density at radius 2 is 2.05 bits per heavy atom. The fraction of sp³-hybridized carbons (Fsp3) is 0.312. The van der Waals surface area contributed by atoms with Gasteiger partial charge in [0.15, 0.2) is 0 Å². The molecule has 0 radical (unpaired) electrons. The highest BCUT2D eigenvalue weighted by molar-refractivity contribution is 5.93. The van der Waals surface area contributed by atoms with Crippen LogP contribution in [0.5, 0.6) is 0 Å². The van der Waals surface area contributed by atoms with Crippen LogP contribution in [0.15, 0.2) is 42.6 Å². The van der Waals surface area contributed by atoms with Gasteiger partial charge >= 0.3 is 0 Å². The molecule has 0 atom stereocenters. The Morgan fingerprint density at radius 3 is 2.75 bits per heavy atom. The smallest absolute Gasteiger partial charge is 0.267 e. The molecule has 4 heteroatoms. The van der Waals surface area contributed by atoms with Gasteiger partial charge in [-0.3, -0.25) is 4.79 Å². The number of carbonyl (C=O) groups is 1. The van der Waals surface area contributed by atoms with Gasteiger partial charge in [-0.15, -0.1) is 0 Å². The molecule has 3 N–H and O–H groups in total. The monoisotopic (exact) mass is 271 g/mol. The number of hydrogen-bond acceptors (Lipinski definition) is 2. The van der Waals surface area contributed by atoms with E-state index in [0.717, 1.165) is 19.4 Å². The fourth-order valence-electron chi connectivity index (χ4n) is 2.21. The van der Waals surface area contributed by atoms with Crippen LogP contribution in [0.2, 0.25) is 0 Å². The predicted octanol–water partition coefficient (Wildman–Crippen LogP) is 2.45. The highest BCUT2D eigenvalue weighted by Gasteiger charge is 2.11. The summed E-state index contributed by atoms with van der Waals surface area (Å²) >= 11 is 0. The average Bonchev–Trinajstić information content (AvgIpc) is 2.81. The average molecular weight is 271 g/mol. The van der Waals surface area contributed by atoms with Crippen molar-refractivity contribution in [3.8, 4) is 0 Å². The Hall–Kier alpha value is -2.23. The minimum Gasteiger partial charge on any atom is -0.397 e. The molecular formula is C16H21N3O. The maximum atomic E-state index is 12.2.